The monoisotopic (exact) mass is 589 g/mol. The SMILES string of the molecule is Nc1ncnc2c1ncn2[C@@H]1O[C@H](C(O)C(OP(=O)(O)O)[C@H]2O[C@@H](n3ccc(=O)[nH]c3=O)[C@H](O)[C@@H]2O)[C@@H](O)[C@H]1O. The summed E-state index contributed by atoms with van der Waals surface area (Å²) in [6.07, 6.45) is -15.7. The van der Waals surface area contributed by atoms with Gasteiger partial charge in [0.25, 0.3) is 5.56 Å². The lowest BCUT2D eigenvalue weighted by atomic mass is 9.95. The van der Waals surface area contributed by atoms with E-state index in [1.165, 1.54) is 10.9 Å². The smallest absolute Gasteiger partial charge is 0.387 e. The number of ether oxygens (including phenoxy) is 2. The summed E-state index contributed by atoms with van der Waals surface area (Å²) in [6, 6.07) is 0.915. The first-order valence-corrected chi connectivity index (χ1v) is 13.0. The molecule has 0 radical (unpaired) electrons. The van der Waals surface area contributed by atoms with Crippen molar-refractivity contribution in [3.63, 3.8) is 0 Å². The van der Waals surface area contributed by atoms with Gasteiger partial charge in [-0.2, -0.15) is 0 Å². The van der Waals surface area contributed by atoms with Crippen LogP contribution in [0.1, 0.15) is 12.5 Å². The number of aromatic amines is 1. The molecule has 5 heterocycles. The number of fused-ring (bicyclic) bond motifs is 1. The minimum absolute atomic E-state index is 0.00515. The minimum atomic E-state index is -5.45. The van der Waals surface area contributed by atoms with Gasteiger partial charge in [0.1, 0.15) is 60.7 Å². The Bertz CT molecular complexity index is 1560. The van der Waals surface area contributed by atoms with Gasteiger partial charge >= 0.3 is 13.5 Å². The Hall–Kier alpha value is -3.14. The van der Waals surface area contributed by atoms with Gasteiger partial charge in [0, 0.05) is 12.3 Å². The van der Waals surface area contributed by atoms with Gasteiger partial charge in [-0.3, -0.25) is 23.4 Å². The van der Waals surface area contributed by atoms with Crippen LogP contribution < -0.4 is 17.0 Å². The van der Waals surface area contributed by atoms with Crippen molar-refractivity contribution < 1.29 is 53.9 Å². The number of rotatable bonds is 7. The van der Waals surface area contributed by atoms with Gasteiger partial charge in [-0.15, -0.1) is 0 Å². The topological polar surface area (TPSA) is 311 Å². The highest BCUT2D eigenvalue weighted by Crippen LogP contribution is 2.44. The Morgan fingerprint density at radius 3 is 2.25 bits per heavy atom. The lowest BCUT2D eigenvalue weighted by Gasteiger charge is -2.33. The maximum Gasteiger partial charge on any atom is 0.470 e. The largest absolute Gasteiger partial charge is 0.470 e. The molecule has 40 heavy (non-hydrogen) atoms. The number of nitrogens with zero attached hydrogens (tertiary/aromatic N) is 5. The molecule has 0 bridgehead atoms. The molecule has 10 atom stereocenters. The quantitative estimate of drug-likeness (QED) is 0.117. The standard InChI is InChI=1S/C19H24N7O13P/c20-15-6-16(22-3-21-15)26(4-23-6)18-9(30)7(28)12(37-18)11(32)14(39-40(34,35)36)13-8(29)10(31)17(38-13)25-2-1-5(27)24-19(25)33/h1-4,7-14,17-18,28-32H,(H2,20,21,22)(H,24,27,33)(H2,34,35,36)/t7-,8-,9+,10+,11?,12-,13-,14?,17+,18+/m0/s1. The highest BCUT2D eigenvalue weighted by Gasteiger charge is 2.56. The molecule has 10 N–H and O–H groups in total. The number of phosphoric ester groups is 1. The third-order valence-electron chi connectivity index (χ3n) is 6.59. The second kappa shape index (κ2) is 10.4. The van der Waals surface area contributed by atoms with E-state index in [1.807, 2.05) is 4.98 Å². The molecule has 0 aliphatic carbocycles. The van der Waals surface area contributed by atoms with Gasteiger partial charge in [-0.1, -0.05) is 0 Å². The van der Waals surface area contributed by atoms with Crippen molar-refractivity contribution in [2.75, 3.05) is 5.73 Å². The molecule has 3 aromatic rings. The number of nitrogens with one attached hydrogen (secondary N) is 1. The molecule has 5 rings (SSSR count). The molecule has 0 amide bonds. The van der Waals surface area contributed by atoms with Gasteiger partial charge in [0.2, 0.25) is 0 Å². The number of phosphoric acid groups is 1. The Morgan fingerprint density at radius 2 is 1.60 bits per heavy atom. The summed E-state index contributed by atoms with van der Waals surface area (Å²) in [6.45, 7) is 0. The van der Waals surface area contributed by atoms with Crippen molar-refractivity contribution in [3.8, 4) is 0 Å². The maximum atomic E-state index is 12.2. The van der Waals surface area contributed by atoms with Crippen LogP contribution in [-0.4, -0.2) is 113 Å². The molecule has 20 nitrogen and oxygen atoms in total. The molecular weight excluding hydrogens is 565 g/mol. The summed E-state index contributed by atoms with van der Waals surface area (Å²) in [4.78, 5) is 56.3. The number of aromatic nitrogens is 6. The van der Waals surface area contributed by atoms with Crippen LogP contribution in [0.25, 0.3) is 11.2 Å². The number of nitrogen functional groups attached to an aromatic ring is 1. The predicted molar refractivity (Wildman–Crippen MR) is 126 cm³/mol. The summed E-state index contributed by atoms with van der Waals surface area (Å²) >= 11 is 0. The zero-order valence-corrected chi connectivity index (χ0v) is 20.8. The van der Waals surface area contributed by atoms with E-state index in [2.05, 4.69) is 15.0 Å². The van der Waals surface area contributed by atoms with Gasteiger partial charge in [0.05, 0.1) is 6.33 Å². The van der Waals surface area contributed by atoms with E-state index in [1.54, 1.807) is 0 Å². The number of anilines is 1. The van der Waals surface area contributed by atoms with Crippen LogP contribution >= 0.6 is 7.82 Å². The first-order chi connectivity index (χ1) is 18.8. The van der Waals surface area contributed by atoms with Gasteiger partial charge in [-0.25, -0.2) is 24.3 Å². The lowest BCUT2D eigenvalue weighted by molar-refractivity contribution is -0.162. The number of aliphatic hydroxyl groups is 5. The van der Waals surface area contributed by atoms with Crippen molar-refractivity contribution in [1.82, 2.24) is 29.1 Å². The predicted octanol–water partition coefficient (Wildman–Crippen LogP) is -4.96. The maximum absolute atomic E-state index is 12.2. The first-order valence-electron chi connectivity index (χ1n) is 11.5. The number of hydrogen-bond acceptors (Lipinski definition) is 15. The fraction of sp³-hybridized carbons (Fsp3) is 0.526. The first kappa shape index (κ1) is 28.4. The van der Waals surface area contributed by atoms with Crippen LogP contribution in [0.4, 0.5) is 5.82 Å². The van der Waals surface area contributed by atoms with Crippen molar-refractivity contribution in [2.24, 2.45) is 0 Å². The summed E-state index contributed by atoms with van der Waals surface area (Å²) in [7, 11) is -5.45. The van der Waals surface area contributed by atoms with Gasteiger partial charge in [0.15, 0.2) is 23.9 Å². The molecule has 21 heteroatoms. The average Bonchev–Trinajstić information content (AvgIpc) is 3.53. The van der Waals surface area contributed by atoms with Crippen LogP contribution in [0.5, 0.6) is 0 Å². The van der Waals surface area contributed by atoms with Gasteiger partial charge < -0.3 is 50.5 Å². The molecule has 2 aliphatic rings. The van der Waals surface area contributed by atoms with Gasteiger partial charge in [-0.05, 0) is 0 Å². The fourth-order valence-electron chi connectivity index (χ4n) is 4.73. The minimum Gasteiger partial charge on any atom is -0.387 e. The Balaban J connectivity index is 1.45. The number of nitrogens with two attached hydrogens (primary N) is 1. The summed E-state index contributed by atoms with van der Waals surface area (Å²) < 4.78 is 29.5. The van der Waals surface area contributed by atoms with Crippen LogP contribution in [-0.2, 0) is 18.6 Å². The normalized spacial score (nSPS) is 32.5. The van der Waals surface area contributed by atoms with Crippen molar-refractivity contribution in [2.45, 2.75) is 61.3 Å². The van der Waals surface area contributed by atoms with E-state index in [9.17, 15) is 49.5 Å². The van der Waals surface area contributed by atoms with Crippen molar-refractivity contribution in [1.29, 1.82) is 0 Å². The Kier molecular flexibility index (Phi) is 7.35. The molecule has 2 unspecified atom stereocenters. The van der Waals surface area contributed by atoms with Crippen molar-refractivity contribution in [3.05, 3.63) is 45.8 Å². The Morgan fingerprint density at radius 1 is 0.975 bits per heavy atom. The molecular formula is C19H24N7O13P. The summed E-state index contributed by atoms with van der Waals surface area (Å²) in [5.74, 6) is 0.00515. The molecule has 2 aliphatic heterocycles. The molecule has 3 aromatic heterocycles. The fourth-order valence-corrected chi connectivity index (χ4v) is 5.29. The molecule has 0 saturated carbocycles. The molecule has 218 valence electrons. The second-order valence-corrected chi connectivity index (χ2v) is 10.3. The number of imidazole rings is 1. The van der Waals surface area contributed by atoms with E-state index < -0.39 is 80.4 Å². The third kappa shape index (κ3) is 4.95. The van der Waals surface area contributed by atoms with Crippen LogP contribution in [0.2, 0.25) is 0 Å². The molecule has 0 spiro atoms. The zero-order valence-electron chi connectivity index (χ0n) is 19.9. The number of aliphatic hydroxyl groups excluding tert-OH is 5. The van der Waals surface area contributed by atoms with E-state index in [0.29, 0.717) is 4.57 Å². The third-order valence-corrected chi connectivity index (χ3v) is 7.11. The number of hydrogen-bond donors (Lipinski definition) is 9. The lowest BCUT2D eigenvalue weighted by Crippen LogP contribution is -2.53. The molecule has 2 fully saturated rings. The highest BCUT2D eigenvalue weighted by atomic mass is 31.2. The van der Waals surface area contributed by atoms with Crippen LogP contribution in [0.15, 0.2) is 34.5 Å². The van der Waals surface area contributed by atoms with Crippen molar-refractivity contribution >= 4 is 24.8 Å². The van der Waals surface area contributed by atoms with E-state index in [-0.39, 0.29) is 17.0 Å². The number of H-pyrrole nitrogens is 1. The summed E-state index contributed by atoms with van der Waals surface area (Å²) in [5.41, 5.74) is 4.17. The van der Waals surface area contributed by atoms with E-state index in [0.717, 1.165) is 18.6 Å². The second-order valence-electron chi connectivity index (χ2n) is 9.10. The van der Waals surface area contributed by atoms with Crippen LogP contribution in [0, 0.1) is 0 Å². The zero-order chi connectivity index (χ0) is 29.1. The average molecular weight is 589 g/mol. The molecule has 0 aromatic carbocycles. The summed E-state index contributed by atoms with van der Waals surface area (Å²) in [5, 5.41) is 53.7. The van der Waals surface area contributed by atoms with Crippen LogP contribution in [0.3, 0.4) is 0 Å². The van der Waals surface area contributed by atoms with E-state index >= 15 is 0 Å². The Labute approximate surface area is 221 Å². The molecule has 2 saturated heterocycles. The highest BCUT2D eigenvalue weighted by molar-refractivity contribution is 7.46. The van der Waals surface area contributed by atoms with E-state index in [4.69, 9.17) is 19.7 Å².